The van der Waals surface area contributed by atoms with Crippen molar-refractivity contribution in [2.45, 2.75) is 30.0 Å². The number of aromatic nitrogens is 3. The molecule has 5 nitrogen and oxygen atoms in total. The molecule has 1 aromatic heterocycles. The first-order chi connectivity index (χ1) is 9.97. The first kappa shape index (κ1) is 16.1. The van der Waals surface area contributed by atoms with Crippen LogP contribution in [-0.4, -0.2) is 28.1 Å². The predicted molar refractivity (Wildman–Crippen MR) is 85.7 cm³/mol. The summed E-state index contributed by atoms with van der Waals surface area (Å²) in [5.74, 6) is 0.432. The molecule has 21 heavy (non-hydrogen) atoms. The lowest BCUT2D eigenvalue weighted by Gasteiger charge is -2.10. The number of hydrogen-bond acceptors (Lipinski definition) is 6. The molecule has 1 aromatic carbocycles. The number of nitrogens with zero attached hydrogens (tertiary/aromatic N) is 3. The Labute approximate surface area is 137 Å². The minimum atomic E-state index is -0.0234. The van der Waals surface area contributed by atoms with E-state index in [9.17, 15) is 0 Å². The molecule has 0 aliphatic heterocycles. The molecule has 112 valence electrons. The Morgan fingerprint density at radius 3 is 2.62 bits per heavy atom. The second kappa shape index (κ2) is 7.15. The van der Waals surface area contributed by atoms with Crippen LogP contribution in [-0.2, 0) is 0 Å². The van der Waals surface area contributed by atoms with E-state index in [2.05, 4.69) is 20.3 Å². The third-order valence-electron chi connectivity index (χ3n) is 2.25. The molecule has 2 aromatic rings. The summed E-state index contributed by atoms with van der Waals surface area (Å²) >= 11 is 13.4. The maximum absolute atomic E-state index is 6.15. The molecule has 0 saturated carbocycles. The third kappa shape index (κ3) is 4.62. The molecular formula is C13H14Cl2N4OS. The smallest absolute Gasteiger partial charge is 0.322 e. The van der Waals surface area contributed by atoms with Crippen LogP contribution in [0, 0.1) is 0 Å². The Balaban J connectivity index is 2.32. The molecule has 8 heteroatoms. The van der Waals surface area contributed by atoms with E-state index in [0.29, 0.717) is 21.2 Å². The molecule has 0 saturated heterocycles. The summed E-state index contributed by atoms with van der Waals surface area (Å²) in [5.41, 5.74) is 0. The van der Waals surface area contributed by atoms with Gasteiger partial charge in [-0.25, -0.2) is 0 Å². The van der Waals surface area contributed by atoms with Crippen LogP contribution in [0.3, 0.4) is 0 Å². The fourth-order valence-electron chi connectivity index (χ4n) is 1.41. The minimum Gasteiger partial charge on any atom is -0.461 e. The van der Waals surface area contributed by atoms with Crippen molar-refractivity contribution in [3.05, 3.63) is 28.2 Å². The van der Waals surface area contributed by atoms with Crippen LogP contribution < -0.4 is 10.1 Å². The van der Waals surface area contributed by atoms with Gasteiger partial charge in [0.15, 0.2) is 0 Å². The summed E-state index contributed by atoms with van der Waals surface area (Å²) in [6, 6.07) is 5.50. The van der Waals surface area contributed by atoms with E-state index in [4.69, 9.17) is 27.9 Å². The lowest BCUT2D eigenvalue weighted by molar-refractivity contribution is 0.219. The van der Waals surface area contributed by atoms with Gasteiger partial charge in [-0.15, -0.1) is 0 Å². The highest BCUT2D eigenvalue weighted by Gasteiger charge is 2.11. The Bertz CT molecular complexity index is 640. The quantitative estimate of drug-likeness (QED) is 0.878. The Morgan fingerprint density at radius 2 is 1.95 bits per heavy atom. The first-order valence-electron chi connectivity index (χ1n) is 6.21. The van der Waals surface area contributed by atoms with Crippen molar-refractivity contribution in [1.29, 1.82) is 0 Å². The van der Waals surface area contributed by atoms with Gasteiger partial charge in [-0.1, -0.05) is 23.2 Å². The summed E-state index contributed by atoms with van der Waals surface area (Å²) in [6.45, 7) is 3.81. The molecule has 0 aliphatic carbocycles. The van der Waals surface area contributed by atoms with Gasteiger partial charge in [0.25, 0.3) is 0 Å². The van der Waals surface area contributed by atoms with E-state index in [0.717, 1.165) is 4.90 Å². The van der Waals surface area contributed by atoms with Gasteiger partial charge < -0.3 is 10.1 Å². The van der Waals surface area contributed by atoms with Crippen molar-refractivity contribution < 1.29 is 4.74 Å². The predicted octanol–water partition coefficient (Wildman–Crippen LogP) is 4.16. The van der Waals surface area contributed by atoms with Gasteiger partial charge in [0.1, 0.15) is 0 Å². The molecule has 0 fully saturated rings. The second-order valence-electron chi connectivity index (χ2n) is 4.32. The SMILES string of the molecule is CNc1nc(OC(C)C)nc(Sc2cc(Cl)ccc2Cl)n1. The van der Waals surface area contributed by atoms with Crippen LogP contribution in [0.25, 0.3) is 0 Å². The van der Waals surface area contributed by atoms with Crippen LogP contribution in [0.2, 0.25) is 10.0 Å². The molecular weight excluding hydrogens is 331 g/mol. The second-order valence-corrected chi connectivity index (χ2v) is 6.17. The van der Waals surface area contributed by atoms with E-state index in [1.165, 1.54) is 11.8 Å². The molecule has 0 radical (unpaired) electrons. The Hall–Kier alpha value is -1.24. The maximum atomic E-state index is 6.15. The summed E-state index contributed by atoms with van der Waals surface area (Å²) in [4.78, 5) is 13.5. The summed E-state index contributed by atoms with van der Waals surface area (Å²) in [7, 11) is 1.73. The molecule has 0 aliphatic rings. The average Bonchev–Trinajstić information content (AvgIpc) is 2.42. The number of hydrogen-bond donors (Lipinski definition) is 1. The van der Waals surface area contributed by atoms with Crippen molar-refractivity contribution in [3.63, 3.8) is 0 Å². The van der Waals surface area contributed by atoms with E-state index in [1.807, 2.05) is 13.8 Å². The zero-order valence-electron chi connectivity index (χ0n) is 11.7. The fraction of sp³-hybridized carbons (Fsp3) is 0.308. The van der Waals surface area contributed by atoms with Gasteiger partial charge in [0, 0.05) is 17.0 Å². The van der Waals surface area contributed by atoms with Crippen LogP contribution in [0.4, 0.5) is 5.95 Å². The Kier molecular flexibility index (Phi) is 5.50. The van der Waals surface area contributed by atoms with Crippen LogP contribution in [0.5, 0.6) is 6.01 Å². The van der Waals surface area contributed by atoms with Gasteiger partial charge >= 0.3 is 6.01 Å². The number of nitrogens with one attached hydrogen (secondary N) is 1. The first-order valence-corrected chi connectivity index (χ1v) is 7.78. The zero-order chi connectivity index (χ0) is 15.4. The highest BCUT2D eigenvalue weighted by molar-refractivity contribution is 7.99. The monoisotopic (exact) mass is 344 g/mol. The topological polar surface area (TPSA) is 59.9 Å². The zero-order valence-corrected chi connectivity index (χ0v) is 14.1. The number of halogens is 2. The number of anilines is 1. The van der Waals surface area contributed by atoms with Gasteiger partial charge in [0.2, 0.25) is 11.1 Å². The van der Waals surface area contributed by atoms with Crippen molar-refractivity contribution in [2.75, 3.05) is 12.4 Å². The third-order valence-corrected chi connectivity index (χ3v) is 3.85. The molecule has 1 N–H and O–H groups in total. The maximum Gasteiger partial charge on any atom is 0.322 e. The molecule has 0 spiro atoms. The summed E-state index contributed by atoms with van der Waals surface area (Å²) in [6.07, 6.45) is -0.0234. The van der Waals surface area contributed by atoms with Crippen molar-refractivity contribution >= 4 is 40.9 Å². The van der Waals surface area contributed by atoms with Crippen LogP contribution in [0.15, 0.2) is 28.3 Å². The van der Waals surface area contributed by atoms with Crippen LogP contribution >= 0.6 is 35.0 Å². The largest absolute Gasteiger partial charge is 0.461 e. The van der Waals surface area contributed by atoms with Crippen molar-refractivity contribution in [2.24, 2.45) is 0 Å². The minimum absolute atomic E-state index is 0.0234. The van der Waals surface area contributed by atoms with Gasteiger partial charge in [-0.3, -0.25) is 0 Å². The average molecular weight is 345 g/mol. The standard InChI is InChI=1S/C13H14Cl2N4OS/c1-7(2)20-12-17-11(16-3)18-13(19-12)21-10-6-8(14)4-5-9(10)15/h4-7H,1-3H3,(H,16,17,18,19). The van der Waals surface area contributed by atoms with Crippen molar-refractivity contribution in [3.8, 4) is 6.01 Å². The number of ether oxygens (including phenoxy) is 1. The number of benzene rings is 1. The van der Waals surface area contributed by atoms with Gasteiger partial charge in [-0.2, -0.15) is 15.0 Å². The molecule has 0 amide bonds. The van der Waals surface area contributed by atoms with Gasteiger partial charge in [0.05, 0.1) is 11.1 Å². The van der Waals surface area contributed by atoms with E-state index >= 15 is 0 Å². The van der Waals surface area contributed by atoms with Crippen molar-refractivity contribution in [1.82, 2.24) is 15.0 Å². The molecule has 0 bridgehead atoms. The van der Waals surface area contributed by atoms with Crippen LogP contribution in [0.1, 0.15) is 13.8 Å². The number of rotatable bonds is 5. The molecule has 2 rings (SSSR count). The van der Waals surface area contributed by atoms with E-state index in [1.54, 1.807) is 25.2 Å². The Morgan fingerprint density at radius 1 is 1.19 bits per heavy atom. The fourth-order valence-corrected chi connectivity index (χ4v) is 2.69. The molecule has 1 heterocycles. The normalized spacial score (nSPS) is 10.8. The summed E-state index contributed by atoms with van der Waals surface area (Å²) in [5, 5.41) is 4.54. The van der Waals surface area contributed by atoms with Gasteiger partial charge in [-0.05, 0) is 43.8 Å². The van der Waals surface area contributed by atoms with E-state index < -0.39 is 0 Å². The highest BCUT2D eigenvalue weighted by atomic mass is 35.5. The van der Waals surface area contributed by atoms with E-state index in [-0.39, 0.29) is 12.1 Å². The lowest BCUT2D eigenvalue weighted by Crippen LogP contribution is -2.10. The highest BCUT2D eigenvalue weighted by Crippen LogP contribution is 2.34. The molecule has 0 unspecified atom stereocenters. The molecule has 0 atom stereocenters. The summed E-state index contributed by atoms with van der Waals surface area (Å²) < 4.78 is 5.51. The lowest BCUT2D eigenvalue weighted by atomic mass is 10.4.